The first kappa shape index (κ1) is 15.4. The molecule has 0 saturated heterocycles. The molecule has 2 N–H and O–H groups in total. The van der Waals surface area contributed by atoms with Crippen molar-refractivity contribution in [3.63, 3.8) is 0 Å². The van der Waals surface area contributed by atoms with Gasteiger partial charge in [0.1, 0.15) is 23.7 Å². The van der Waals surface area contributed by atoms with Crippen LogP contribution in [0.5, 0.6) is 5.75 Å². The minimum atomic E-state index is 0.671. The van der Waals surface area contributed by atoms with Crippen molar-refractivity contribution in [1.82, 2.24) is 9.97 Å². The number of aryl methyl sites for hydroxylation is 1. The average molecular weight is 307 g/mol. The number of nitrogens with one attached hydrogen (secondary N) is 2. The van der Waals surface area contributed by atoms with Gasteiger partial charge in [0.15, 0.2) is 0 Å². The predicted octanol–water partition coefficient (Wildman–Crippen LogP) is 3.93. The van der Waals surface area contributed by atoms with E-state index in [1.54, 1.807) is 13.2 Å². The molecule has 0 fully saturated rings. The minimum Gasteiger partial charge on any atom is -0.495 e. The first-order chi connectivity index (χ1) is 10.1. The molecule has 112 valence electrons. The SMILES string of the molecule is CCNc1ncnc(Nc2cc(C)c(Cl)cc2OC)c1C. The van der Waals surface area contributed by atoms with Crippen LogP contribution in [0.1, 0.15) is 18.1 Å². The van der Waals surface area contributed by atoms with Crippen molar-refractivity contribution in [3.8, 4) is 5.75 Å². The van der Waals surface area contributed by atoms with Crippen LogP contribution in [0.15, 0.2) is 18.5 Å². The number of hydrogen-bond donors (Lipinski definition) is 2. The molecule has 2 rings (SSSR count). The first-order valence-corrected chi connectivity index (χ1v) is 7.11. The number of benzene rings is 1. The summed E-state index contributed by atoms with van der Waals surface area (Å²) in [6.07, 6.45) is 1.53. The maximum atomic E-state index is 6.12. The Morgan fingerprint density at radius 1 is 1.19 bits per heavy atom. The van der Waals surface area contributed by atoms with Gasteiger partial charge < -0.3 is 15.4 Å². The lowest BCUT2D eigenvalue weighted by Crippen LogP contribution is -2.06. The van der Waals surface area contributed by atoms with Gasteiger partial charge in [-0.3, -0.25) is 0 Å². The van der Waals surface area contributed by atoms with E-state index in [0.29, 0.717) is 10.8 Å². The van der Waals surface area contributed by atoms with Gasteiger partial charge in [0.05, 0.1) is 12.8 Å². The summed E-state index contributed by atoms with van der Waals surface area (Å²) in [4.78, 5) is 8.52. The Balaban J connectivity index is 2.38. The van der Waals surface area contributed by atoms with Gasteiger partial charge in [-0.2, -0.15) is 0 Å². The number of aromatic nitrogens is 2. The van der Waals surface area contributed by atoms with Crippen LogP contribution in [0.3, 0.4) is 0 Å². The third-order valence-electron chi connectivity index (χ3n) is 3.16. The Hall–Kier alpha value is -2.01. The van der Waals surface area contributed by atoms with Gasteiger partial charge in [-0.15, -0.1) is 0 Å². The molecule has 0 bridgehead atoms. The second-order valence-corrected chi connectivity index (χ2v) is 5.06. The molecule has 0 atom stereocenters. The van der Waals surface area contributed by atoms with Crippen molar-refractivity contribution >= 4 is 28.9 Å². The van der Waals surface area contributed by atoms with Gasteiger partial charge in [-0.05, 0) is 32.4 Å². The van der Waals surface area contributed by atoms with Crippen LogP contribution in [0, 0.1) is 13.8 Å². The molecule has 1 heterocycles. The number of hydrogen-bond acceptors (Lipinski definition) is 5. The zero-order chi connectivity index (χ0) is 15.4. The third-order valence-corrected chi connectivity index (χ3v) is 3.57. The van der Waals surface area contributed by atoms with Gasteiger partial charge in [-0.1, -0.05) is 11.6 Å². The third kappa shape index (κ3) is 3.36. The summed E-state index contributed by atoms with van der Waals surface area (Å²) in [6, 6.07) is 3.73. The predicted molar refractivity (Wildman–Crippen MR) is 87.0 cm³/mol. The topological polar surface area (TPSA) is 59.1 Å². The molecular formula is C15H19ClN4O. The Morgan fingerprint density at radius 3 is 2.57 bits per heavy atom. The van der Waals surface area contributed by atoms with Crippen LogP contribution in [-0.2, 0) is 0 Å². The number of methoxy groups -OCH3 is 1. The number of halogens is 1. The molecule has 6 heteroatoms. The highest BCUT2D eigenvalue weighted by Gasteiger charge is 2.11. The van der Waals surface area contributed by atoms with Crippen molar-refractivity contribution < 1.29 is 4.74 Å². The smallest absolute Gasteiger partial charge is 0.143 e. The monoisotopic (exact) mass is 306 g/mol. The van der Waals surface area contributed by atoms with E-state index in [-0.39, 0.29) is 0 Å². The summed E-state index contributed by atoms with van der Waals surface area (Å²) < 4.78 is 5.37. The fourth-order valence-corrected chi connectivity index (χ4v) is 2.13. The first-order valence-electron chi connectivity index (χ1n) is 6.73. The van der Waals surface area contributed by atoms with E-state index < -0.39 is 0 Å². The Labute approximate surface area is 129 Å². The zero-order valence-electron chi connectivity index (χ0n) is 12.6. The van der Waals surface area contributed by atoms with Crippen molar-refractivity contribution in [1.29, 1.82) is 0 Å². The molecule has 1 aromatic carbocycles. The van der Waals surface area contributed by atoms with Crippen molar-refractivity contribution in [3.05, 3.63) is 34.6 Å². The van der Waals surface area contributed by atoms with Crippen molar-refractivity contribution in [2.24, 2.45) is 0 Å². The van der Waals surface area contributed by atoms with Gasteiger partial charge in [0.25, 0.3) is 0 Å². The summed E-state index contributed by atoms with van der Waals surface area (Å²) in [5.74, 6) is 2.23. The van der Waals surface area contributed by atoms with Gasteiger partial charge in [-0.25, -0.2) is 9.97 Å². The van der Waals surface area contributed by atoms with Crippen LogP contribution >= 0.6 is 11.6 Å². The standard InChI is InChI=1S/C15H19ClN4O/c1-5-17-14-10(3)15(19-8-18-14)20-12-6-9(2)11(16)7-13(12)21-4/h6-8H,5H2,1-4H3,(H2,17,18,19,20). The van der Waals surface area contributed by atoms with Crippen LogP contribution in [0.2, 0.25) is 5.02 Å². The van der Waals surface area contributed by atoms with Crippen LogP contribution in [0.4, 0.5) is 17.3 Å². The van der Waals surface area contributed by atoms with E-state index >= 15 is 0 Å². The lowest BCUT2D eigenvalue weighted by atomic mass is 10.2. The number of anilines is 3. The quantitative estimate of drug-likeness (QED) is 0.876. The van der Waals surface area contributed by atoms with Crippen LogP contribution < -0.4 is 15.4 Å². The summed E-state index contributed by atoms with van der Waals surface area (Å²) in [5.41, 5.74) is 2.75. The Morgan fingerprint density at radius 2 is 1.90 bits per heavy atom. The molecule has 21 heavy (non-hydrogen) atoms. The van der Waals surface area contributed by atoms with Crippen molar-refractivity contribution in [2.45, 2.75) is 20.8 Å². The van der Waals surface area contributed by atoms with Crippen molar-refractivity contribution in [2.75, 3.05) is 24.3 Å². The van der Waals surface area contributed by atoms with E-state index in [1.165, 1.54) is 6.33 Å². The minimum absolute atomic E-state index is 0.671. The fourth-order valence-electron chi connectivity index (χ4n) is 1.98. The van der Waals surface area contributed by atoms with Crippen LogP contribution in [0.25, 0.3) is 0 Å². The van der Waals surface area contributed by atoms with E-state index in [4.69, 9.17) is 16.3 Å². The molecular weight excluding hydrogens is 288 g/mol. The lowest BCUT2D eigenvalue weighted by molar-refractivity contribution is 0.416. The molecule has 0 aliphatic rings. The zero-order valence-corrected chi connectivity index (χ0v) is 13.4. The van der Waals surface area contributed by atoms with Crippen LogP contribution in [-0.4, -0.2) is 23.6 Å². The maximum absolute atomic E-state index is 6.12. The van der Waals surface area contributed by atoms with E-state index in [9.17, 15) is 0 Å². The molecule has 0 spiro atoms. The molecule has 1 aromatic heterocycles. The second kappa shape index (κ2) is 6.63. The number of ether oxygens (including phenoxy) is 1. The Bertz CT molecular complexity index is 646. The summed E-state index contributed by atoms with van der Waals surface area (Å²) in [5, 5.41) is 7.16. The summed E-state index contributed by atoms with van der Waals surface area (Å²) in [6.45, 7) is 6.75. The second-order valence-electron chi connectivity index (χ2n) is 4.65. The highest BCUT2D eigenvalue weighted by Crippen LogP contribution is 2.33. The van der Waals surface area contributed by atoms with Gasteiger partial charge in [0, 0.05) is 23.2 Å². The van der Waals surface area contributed by atoms with E-state index in [2.05, 4.69) is 20.6 Å². The Kier molecular flexibility index (Phi) is 4.85. The van der Waals surface area contributed by atoms with E-state index in [0.717, 1.165) is 35.0 Å². The highest BCUT2D eigenvalue weighted by atomic mass is 35.5. The average Bonchev–Trinajstić information content (AvgIpc) is 2.47. The number of nitrogens with zero attached hydrogens (tertiary/aromatic N) is 2. The molecule has 5 nitrogen and oxygen atoms in total. The normalized spacial score (nSPS) is 10.3. The molecule has 0 unspecified atom stereocenters. The summed E-state index contributed by atoms with van der Waals surface area (Å²) in [7, 11) is 1.61. The fraction of sp³-hybridized carbons (Fsp3) is 0.333. The number of rotatable bonds is 5. The lowest BCUT2D eigenvalue weighted by Gasteiger charge is -2.15. The van der Waals surface area contributed by atoms with Gasteiger partial charge >= 0.3 is 0 Å². The molecule has 0 aliphatic heterocycles. The highest BCUT2D eigenvalue weighted by molar-refractivity contribution is 6.31. The van der Waals surface area contributed by atoms with E-state index in [1.807, 2.05) is 26.8 Å². The molecule has 0 aliphatic carbocycles. The largest absolute Gasteiger partial charge is 0.495 e. The summed E-state index contributed by atoms with van der Waals surface area (Å²) >= 11 is 6.12. The van der Waals surface area contributed by atoms with Gasteiger partial charge in [0.2, 0.25) is 0 Å². The molecule has 0 radical (unpaired) electrons. The molecule has 2 aromatic rings. The maximum Gasteiger partial charge on any atom is 0.143 e. The molecule has 0 saturated carbocycles. The molecule has 0 amide bonds.